The van der Waals surface area contributed by atoms with Crippen LogP contribution in [0.5, 0.6) is 0 Å². The maximum atomic E-state index is 8.83. The molecular formula is C11H9BN2. The van der Waals surface area contributed by atoms with Gasteiger partial charge >= 0.3 is 0 Å². The minimum absolute atomic E-state index is 0.0904. The van der Waals surface area contributed by atoms with Crippen molar-refractivity contribution in [2.45, 2.75) is 12.8 Å². The summed E-state index contributed by atoms with van der Waals surface area (Å²) in [6.07, 6.45) is 1.87. The number of hydrogen-bond donors (Lipinski definition) is 1. The number of nitrogens with one attached hydrogen (secondary N) is 1. The molecule has 0 aliphatic carbocycles. The van der Waals surface area contributed by atoms with Crippen LogP contribution in [-0.2, 0) is 0 Å². The molecule has 1 N–H and O–H groups in total. The molecule has 1 aromatic heterocycles. The highest BCUT2D eigenvalue weighted by atomic mass is 14.7. The average Bonchev–Trinajstić information content (AvgIpc) is 2.59. The monoisotopic (exact) mass is 180 g/mol. The summed E-state index contributed by atoms with van der Waals surface area (Å²) in [6.45, 7) is 1.89. The number of fused-ring (bicyclic) bond motifs is 1. The minimum Gasteiger partial charge on any atom is -0.361 e. The van der Waals surface area contributed by atoms with Crippen LogP contribution in [0.4, 0.5) is 0 Å². The number of nitrogens with zero attached hydrogens (tertiary/aromatic N) is 1. The first kappa shape index (κ1) is 8.89. The SMILES string of the molecule is [B]c1ccc2c(C(C)C#N)c[nH]c2c1. The number of H-pyrrole nitrogens is 1. The van der Waals surface area contributed by atoms with Crippen LogP contribution in [0.1, 0.15) is 18.4 Å². The normalized spacial score (nSPS) is 12.6. The van der Waals surface area contributed by atoms with Crippen LogP contribution in [0.3, 0.4) is 0 Å². The molecule has 0 bridgehead atoms. The Morgan fingerprint density at radius 2 is 2.29 bits per heavy atom. The van der Waals surface area contributed by atoms with Crippen molar-refractivity contribution in [3.05, 3.63) is 30.0 Å². The van der Waals surface area contributed by atoms with E-state index in [0.717, 1.165) is 21.9 Å². The van der Waals surface area contributed by atoms with Crippen LogP contribution >= 0.6 is 0 Å². The molecule has 2 nitrogen and oxygen atoms in total. The molecule has 14 heavy (non-hydrogen) atoms. The predicted octanol–water partition coefficient (Wildman–Crippen LogP) is 1.59. The Bertz CT molecular complexity index is 507. The van der Waals surface area contributed by atoms with E-state index in [0.29, 0.717) is 0 Å². The van der Waals surface area contributed by atoms with Crippen LogP contribution in [0, 0.1) is 11.3 Å². The number of aromatic amines is 1. The van der Waals surface area contributed by atoms with Crippen LogP contribution in [0.25, 0.3) is 10.9 Å². The van der Waals surface area contributed by atoms with Crippen molar-refractivity contribution in [3.8, 4) is 6.07 Å². The fourth-order valence-electron chi connectivity index (χ4n) is 1.59. The van der Waals surface area contributed by atoms with E-state index in [9.17, 15) is 0 Å². The highest BCUT2D eigenvalue weighted by molar-refractivity contribution is 6.33. The largest absolute Gasteiger partial charge is 0.361 e. The van der Waals surface area contributed by atoms with E-state index >= 15 is 0 Å². The molecule has 0 saturated carbocycles. The Labute approximate surface area is 84.0 Å². The Balaban J connectivity index is 2.65. The molecule has 3 heteroatoms. The van der Waals surface area contributed by atoms with Gasteiger partial charge in [0.1, 0.15) is 7.85 Å². The van der Waals surface area contributed by atoms with Gasteiger partial charge in [-0.15, -0.1) is 0 Å². The smallest absolute Gasteiger partial charge is 0.113 e. The van der Waals surface area contributed by atoms with Gasteiger partial charge in [-0.25, -0.2) is 0 Å². The van der Waals surface area contributed by atoms with E-state index in [2.05, 4.69) is 11.1 Å². The molecular weight excluding hydrogens is 171 g/mol. The third-order valence-corrected chi connectivity index (χ3v) is 2.40. The zero-order valence-corrected chi connectivity index (χ0v) is 7.91. The van der Waals surface area contributed by atoms with Gasteiger partial charge in [-0.1, -0.05) is 17.6 Å². The van der Waals surface area contributed by atoms with Gasteiger partial charge in [0.05, 0.1) is 12.0 Å². The number of benzene rings is 1. The fraction of sp³-hybridized carbons (Fsp3) is 0.182. The summed E-state index contributed by atoms with van der Waals surface area (Å²) in [4.78, 5) is 3.11. The summed E-state index contributed by atoms with van der Waals surface area (Å²) in [7, 11) is 5.66. The zero-order chi connectivity index (χ0) is 10.1. The van der Waals surface area contributed by atoms with Crippen molar-refractivity contribution < 1.29 is 0 Å². The maximum absolute atomic E-state index is 8.83. The molecule has 0 aliphatic heterocycles. The van der Waals surface area contributed by atoms with E-state index in [4.69, 9.17) is 13.1 Å². The van der Waals surface area contributed by atoms with Gasteiger partial charge in [0.2, 0.25) is 0 Å². The molecule has 1 atom stereocenters. The molecule has 1 heterocycles. The van der Waals surface area contributed by atoms with Crippen molar-refractivity contribution in [3.63, 3.8) is 0 Å². The first-order chi connectivity index (χ1) is 6.72. The first-order valence-electron chi connectivity index (χ1n) is 4.48. The molecule has 1 unspecified atom stereocenters. The second-order valence-electron chi connectivity index (χ2n) is 3.40. The Morgan fingerprint density at radius 1 is 1.50 bits per heavy atom. The predicted molar refractivity (Wildman–Crippen MR) is 57.7 cm³/mol. The van der Waals surface area contributed by atoms with Gasteiger partial charge in [-0.2, -0.15) is 5.26 Å². The van der Waals surface area contributed by atoms with E-state index in [1.807, 2.05) is 31.3 Å². The summed E-state index contributed by atoms with van der Waals surface area (Å²) in [5.41, 5.74) is 2.75. The highest BCUT2D eigenvalue weighted by Crippen LogP contribution is 2.23. The summed E-state index contributed by atoms with van der Waals surface area (Å²) in [6, 6.07) is 7.90. The van der Waals surface area contributed by atoms with Crippen molar-refractivity contribution in [2.24, 2.45) is 0 Å². The van der Waals surface area contributed by atoms with Crippen molar-refractivity contribution in [1.29, 1.82) is 5.26 Å². The number of aromatic nitrogens is 1. The summed E-state index contributed by atoms with van der Waals surface area (Å²) in [5.74, 6) is -0.0904. The molecule has 2 aromatic rings. The highest BCUT2D eigenvalue weighted by Gasteiger charge is 2.09. The topological polar surface area (TPSA) is 39.6 Å². The van der Waals surface area contributed by atoms with E-state index in [-0.39, 0.29) is 5.92 Å². The van der Waals surface area contributed by atoms with Crippen molar-refractivity contribution in [2.75, 3.05) is 0 Å². The van der Waals surface area contributed by atoms with Crippen LogP contribution in [-0.4, -0.2) is 12.8 Å². The first-order valence-corrected chi connectivity index (χ1v) is 4.48. The second kappa shape index (κ2) is 3.23. The second-order valence-corrected chi connectivity index (χ2v) is 3.40. The summed E-state index contributed by atoms with van der Waals surface area (Å²) < 4.78 is 0. The molecule has 0 aliphatic rings. The Hall–Kier alpha value is -1.69. The third-order valence-electron chi connectivity index (χ3n) is 2.40. The van der Waals surface area contributed by atoms with Gasteiger partial charge in [0.25, 0.3) is 0 Å². The molecule has 66 valence electrons. The zero-order valence-electron chi connectivity index (χ0n) is 7.91. The van der Waals surface area contributed by atoms with Gasteiger partial charge in [-0.3, -0.25) is 0 Å². The molecule has 0 amide bonds. The summed E-state index contributed by atoms with van der Waals surface area (Å²) in [5, 5.41) is 9.91. The van der Waals surface area contributed by atoms with E-state index in [1.54, 1.807) is 0 Å². The number of nitriles is 1. The third kappa shape index (κ3) is 1.29. The van der Waals surface area contributed by atoms with E-state index in [1.165, 1.54) is 0 Å². The van der Waals surface area contributed by atoms with Gasteiger partial charge in [0, 0.05) is 17.1 Å². The quantitative estimate of drug-likeness (QED) is 0.665. The minimum atomic E-state index is -0.0904. The van der Waals surface area contributed by atoms with Gasteiger partial charge in [0.15, 0.2) is 0 Å². The van der Waals surface area contributed by atoms with Crippen LogP contribution < -0.4 is 5.46 Å². The fourth-order valence-corrected chi connectivity index (χ4v) is 1.59. The Morgan fingerprint density at radius 3 is 3.00 bits per heavy atom. The molecule has 0 fully saturated rings. The van der Waals surface area contributed by atoms with E-state index < -0.39 is 0 Å². The van der Waals surface area contributed by atoms with Crippen LogP contribution in [0.15, 0.2) is 24.4 Å². The standard InChI is InChI=1S/C11H9BN2/c1-7(5-13)10-6-14-11-4-8(12)2-3-9(10)11/h2-4,6-7,14H,1H3. The lowest BCUT2D eigenvalue weighted by atomic mass is 9.93. The van der Waals surface area contributed by atoms with Crippen molar-refractivity contribution >= 4 is 24.2 Å². The lowest BCUT2D eigenvalue weighted by molar-refractivity contribution is 0.993. The van der Waals surface area contributed by atoms with Crippen molar-refractivity contribution in [1.82, 2.24) is 4.98 Å². The maximum Gasteiger partial charge on any atom is 0.113 e. The van der Waals surface area contributed by atoms with Gasteiger partial charge < -0.3 is 4.98 Å². The lowest BCUT2D eigenvalue weighted by Crippen LogP contribution is -1.99. The molecule has 2 rings (SSSR count). The molecule has 2 radical (unpaired) electrons. The van der Waals surface area contributed by atoms with Crippen LogP contribution in [0.2, 0.25) is 0 Å². The summed E-state index contributed by atoms with van der Waals surface area (Å²) >= 11 is 0. The lowest BCUT2D eigenvalue weighted by Gasteiger charge is -1.99. The average molecular weight is 180 g/mol. The van der Waals surface area contributed by atoms with Gasteiger partial charge in [-0.05, 0) is 18.6 Å². The molecule has 1 aromatic carbocycles. The molecule has 0 saturated heterocycles. The Kier molecular flexibility index (Phi) is 2.05. The number of rotatable bonds is 1. The molecule has 0 spiro atoms. The number of hydrogen-bond acceptors (Lipinski definition) is 1.